The molecule has 4 nitrogen and oxygen atoms in total. The van der Waals surface area contributed by atoms with Crippen molar-refractivity contribution in [2.24, 2.45) is 0 Å². The van der Waals surface area contributed by atoms with Gasteiger partial charge in [0.15, 0.2) is 0 Å². The molecule has 0 bridgehead atoms. The lowest BCUT2D eigenvalue weighted by molar-refractivity contribution is 0.426. The summed E-state index contributed by atoms with van der Waals surface area (Å²) in [6.45, 7) is 0. The highest BCUT2D eigenvalue weighted by molar-refractivity contribution is 6.58. The van der Waals surface area contributed by atoms with Crippen molar-refractivity contribution in [2.75, 3.05) is 0 Å². The molecule has 8 rings (SSSR count). The molecule has 39 heavy (non-hydrogen) atoms. The highest BCUT2D eigenvalue weighted by Crippen LogP contribution is 2.41. The first kappa shape index (κ1) is 22.2. The summed E-state index contributed by atoms with van der Waals surface area (Å²) in [7, 11) is -1.53. The van der Waals surface area contributed by atoms with Gasteiger partial charge < -0.3 is 19.2 Å². The van der Waals surface area contributed by atoms with Gasteiger partial charge in [-0.05, 0) is 64.8 Å². The van der Waals surface area contributed by atoms with Crippen LogP contribution in [0.2, 0.25) is 0 Å². The largest absolute Gasteiger partial charge is 0.488 e. The summed E-state index contributed by atoms with van der Waals surface area (Å²) in [6, 6.07) is 44.0. The van der Waals surface area contributed by atoms with E-state index in [0.29, 0.717) is 5.46 Å². The summed E-state index contributed by atoms with van der Waals surface area (Å²) < 4.78 is 4.58. The number of fused-ring (bicyclic) bond motifs is 8. The second-order valence-corrected chi connectivity index (χ2v) is 10.1. The summed E-state index contributed by atoms with van der Waals surface area (Å²) in [5.74, 6) is 0. The van der Waals surface area contributed by atoms with Crippen molar-refractivity contribution in [3.63, 3.8) is 0 Å². The van der Waals surface area contributed by atoms with Crippen molar-refractivity contribution in [1.29, 1.82) is 0 Å². The van der Waals surface area contributed by atoms with Crippen molar-refractivity contribution in [3.05, 3.63) is 127 Å². The molecule has 0 saturated carbocycles. The minimum absolute atomic E-state index is 0.462. The number of aromatic nitrogens is 2. The Balaban J connectivity index is 1.59. The molecule has 0 amide bonds. The van der Waals surface area contributed by atoms with Gasteiger partial charge in [0, 0.05) is 32.9 Å². The van der Waals surface area contributed by atoms with Crippen LogP contribution in [-0.2, 0) is 0 Å². The van der Waals surface area contributed by atoms with E-state index >= 15 is 0 Å². The van der Waals surface area contributed by atoms with Gasteiger partial charge in [-0.25, -0.2) is 0 Å². The lowest BCUT2D eigenvalue weighted by Crippen LogP contribution is -2.29. The Kier molecular flexibility index (Phi) is 4.74. The first-order chi connectivity index (χ1) is 19.2. The van der Waals surface area contributed by atoms with E-state index in [9.17, 15) is 10.0 Å². The molecule has 0 unspecified atom stereocenters. The number of benzene rings is 6. The van der Waals surface area contributed by atoms with Crippen LogP contribution in [0, 0.1) is 0 Å². The maximum atomic E-state index is 9.89. The molecule has 2 aromatic heterocycles. The van der Waals surface area contributed by atoms with Gasteiger partial charge in [0.25, 0.3) is 0 Å². The van der Waals surface area contributed by atoms with Crippen LogP contribution < -0.4 is 5.46 Å². The average Bonchev–Trinajstić information content (AvgIpc) is 3.48. The quantitative estimate of drug-likeness (QED) is 0.264. The van der Waals surface area contributed by atoms with Crippen molar-refractivity contribution >= 4 is 67.0 Å². The smallest absolute Gasteiger partial charge is 0.423 e. The van der Waals surface area contributed by atoms with Crippen molar-refractivity contribution in [3.8, 4) is 11.4 Å². The maximum absolute atomic E-state index is 9.89. The summed E-state index contributed by atoms with van der Waals surface area (Å²) in [5.41, 5.74) is 6.90. The Morgan fingerprint density at radius 3 is 1.97 bits per heavy atom. The van der Waals surface area contributed by atoms with E-state index < -0.39 is 7.12 Å². The fourth-order valence-electron chi connectivity index (χ4n) is 6.21. The predicted octanol–water partition coefficient (Wildman–Crippen LogP) is 6.71. The lowest BCUT2D eigenvalue weighted by atomic mass is 9.80. The van der Waals surface area contributed by atoms with Gasteiger partial charge in [-0.15, -0.1) is 0 Å². The summed E-state index contributed by atoms with van der Waals surface area (Å²) in [5, 5.41) is 27.0. The Bertz CT molecular complexity index is 2210. The van der Waals surface area contributed by atoms with Gasteiger partial charge in [0.1, 0.15) is 0 Å². The fourth-order valence-corrected chi connectivity index (χ4v) is 6.21. The van der Waals surface area contributed by atoms with Gasteiger partial charge in [-0.1, -0.05) is 78.9 Å². The standard InChI is InChI=1S/C34H23BN2O2/c38-35(39)23-10-8-13-25(19-23)37-30-16-7-6-15-27(30)28-20-29-33(21-32(28)37)36(24-11-2-1-3-12-24)31-18-17-22-9-4-5-14-26(22)34(29)31/h1-21,38-39H. The van der Waals surface area contributed by atoms with Crippen molar-refractivity contribution < 1.29 is 10.0 Å². The van der Waals surface area contributed by atoms with Gasteiger partial charge in [-0.3, -0.25) is 0 Å². The SMILES string of the molecule is OB(O)c1cccc(-n2c3ccccc3c3cc4c5c6ccccc6ccc5n(-c5ccccc5)c4cc32)c1. The van der Waals surface area contributed by atoms with E-state index in [2.05, 4.69) is 106 Å². The first-order valence-corrected chi connectivity index (χ1v) is 13.1. The minimum atomic E-state index is -1.53. The maximum Gasteiger partial charge on any atom is 0.488 e. The van der Waals surface area contributed by atoms with E-state index in [1.807, 2.05) is 24.3 Å². The molecule has 184 valence electrons. The molecule has 2 heterocycles. The van der Waals surface area contributed by atoms with Crippen LogP contribution >= 0.6 is 0 Å². The topological polar surface area (TPSA) is 50.3 Å². The minimum Gasteiger partial charge on any atom is -0.423 e. The molecule has 0 radical (unpaired) electrons. The molecule has 0 aliphatic heterocycles. The van der Waals surface area contributed by atoms with Crippen LogP contribution in [0.1, 0.15) is 0 Å². The average molecular weight is 502 g/mol. The Morgan fingerprint density at radius 1 is 0.436 bits per heavy atom. The second-order valence-electron chi connectivity index (χ2n) is 10.1. The van der Waals surface area contributed by atoms with E-state index in [0.717, 1.165) is 38.7 Å². The highest BCUT2D eigenvalue weighted by Gasteiger charge is 2.20. The van der Waals surface area contributed by atoms with E-state index in [4.69, 9.17) is 0 Å². The second kappa shape index (κ2) is 8.33. The predicted molar refractivity (Wildman–Crippen MR) is 162 cm³/mol. The van der Waals surface area contributed by atoms with E-state index in [1.165, 1.54) is 27.1 Å². The van der Waals surface area contributed by atoms with Crippen molar-refractivity contribution in [2.45, 2.75) is 0 Å². The Labute approximate surface area is 224 Å². The zero-order chi connectivity index (χ0) is 26.1. The van der Waals surface area contributed by atoms with Gasteiger partial charge >= 0.3 is 7.12 Å². The van der Waals surface area contributed by atoms with Crippen LogP contribution in [0.5, 0.6) is 0 Å². The normalized spacial score (nSPS) is 11.8. The van der Waals surface area contributed by atoms with Gasteiger partial charge in [-0.2, -0.15) is 0 Å². The molecular weight excluding hydrogens is 479 g/mol. The monoisotopic (exact) mass is 502 g/mol. The van der Waals surface area contributed by atoms with Crippen LogP contribution in [-0.4, -0.2) is 26.3 Å². The highest BCUT2D eigenvalue weighted by atomic mass is 16.4. The van der Waals surface area contributed by atoms with Crippen LogP contribution in [0.3, 0.4) is 0 Å². The van der Waals surface area contributed by atoms with E-state index in [1.54, 1.807) is 6.07 Å². The molecule has 0 saturated heterocycles. The van der Waals surface area contributed by atoms with Gasteiger partial charge in [0.2, 0.25) is 0 Å². The summed E-state index contributed by atoms with van der Waals surface area (Å²) >= 11 is 0. The number of hydrogen-bond donors (Lipinski definition) is 2. The molecule has 8 aromatic rings. The third kappa shape index (κ3) is 3.21. The fraction of sp³-hybridized carbons (Fsp3) is 0. The number of nitrogens with zero attached hydrogens (tertiary/aromatic N) is 2. The summed E-state index contributed by atoms with van der Waals surface area (Å²) in [6.07, 6.45) is 0. The van der Waals surface area contributed by atoms with Crippen LogP contribution in [0.15, 0.2) is 127 Å². The molecule has 0 aliphatic rings. The zero-order valence-corrected chi connectivity index (χ0v) is 21.0. The van der Waals surface area contributed by atoms with E-state index in [-0.39, 0.29) is 0 Å². The number of rotatable bonds is 3. The van der Waals surface area contributed by atoms with Gasteiger partial charge in [0.05, 0.1) is 22.1 Å². The molecule has 6 aromatic carbocycles. The van der Waals surface area contributed by atoms with Crippen LogP contribution in [0.4, 0.5) is 0 Å². The number of para-hydroxylation sites is 2. The van der Waals surface area contributed by atoms with Crippen LogP contribution in [0.25, 0.3) is 65.8 Å². The number of hydrogen-bond acceptors (Lipinski definition) is 2. The Morgan fingerprint density at radius 2 is 1.13 bits per heavy atom. The molecule has 0 spiro atoms. The van der Waals surface area contributed by atoms with Crippen molar-refractivity contribution in [1.82, 2.24) is 9.13 Å². The Hall–Kier alpha value is -4.84. The summed E-state index contributed by atoms with van der Waals surface area (Å²) in [4.78, 5) is 0. The molecule has 5 heteroatoms. The molecule has 0 fully saturated rings. The third-order valence-electron chi connectivity index (χ3n) is 7.89. The zero-order valence-electron chi connectivity index (χ0n) is 21.0. The lowest BCUT2D eigenvalue weighted by Gasteiger charge is -2.11. The molecular formula is C34H23BN2O2. The third-order valence-corrected chi connectivity index (χ3v) is 7.89. The first-order valence-electron chi connectivity index (χ1n) is 13.1. The molecule has 2 N–H and O–H groups in total. The molecule has 0 aliphatic carbocycles. The molecule has 0 atom stereocenters.